The van der Waals surface area contributed by atoms with Crippen LogP contribution in [0.5, 0.6) is 0 Å². The van der Waals surface area contributed by atoms with Gasteiger partial charge in [-0.3, -0.25) is 4.79 Å². The van der Waals surface area contributed by atoms with E-state index in [1.807, 2.05) is 12.3 Å². The molecule has 0 aliphatic rings. The van der Waals surface area contributed by atoms with Crippen molar-refractivity contribution in [2.45, 2.75) is 20.1 Å². The minimum atomic E-state index is -0.228. The highest BCUT2D eigenvalue weighted by molar-refractivity contribution is 7.13. The number of amides is 1. The molecule has 2 N–H and O–H groups in total. The molecule has 7 nitrogen and oxygen atoms in total. The largest absolute Gasteiger partial charge is 0.390 e. The summed E-state index contributed by atoms with van der Waals surface area (Å²) in [6.07, 6.45) is 1.52. The third-order valence-corrected chi connectivity index (χ3v) is 2.79. The van der Waals surface area contributed by atoms with E-state index in [2.05, 4.69) is 20.6 Å². The minimum Gasteiger partial charge on any atom is -0.390 e. The second-order valence-corrected chi connectivity index (χ2v) is 4.27. The Morgan fingerprint density at radius 1 is 1.65 bits per heavy atom. The summed E-state index contributed by atoms with van der Waals surface area (Å²) >= 11 is 1.37. The van der Waals surface area contributed by atoms with E-state index >= 15 is 0 Å². The fraction of sp³-hybridized carbons (Fsp3) is 0.333. The molecule has 8 heteroatoms. The molecule has 2 rings (SSSR count). The predicted molar refractivity (Wildman–Crippen MR) is 61.4 cm³/mol. The van der Waals surface area contributed by atoms with Crippen LogP contribution in [0.25, 0.3) is 0 Å². The predicted octanol–water partition coefficient (Wildman–Crippen LogP) is 0.174. The van der Waals surface area contributed by atoms with Crippen LogP contribution in [-0.2, 0) is 17.9 Å². The highest BCUT2D eigenvalue weighted by Gasteiger charge is 2.07. The van der Waals surface area contributed by atoms with Crippen LogP contribution in [0.4, 0.5) is 5.13 Å². The zero-order valence-electron chi connectivity index (χ0n) is 9.12. The lowest BCUT2D eigenvalue weighted by Crippen LogP contribution is -2.19. The summed E-state index contributed by atoms with van der Waals surface area (Å²) in [7, 11) is 0. The van der Waals surface area contributed by atoms with Crippen LogP contribution >= 0.6 is 11.3 Å². The number of aliphatic hydroxyl groups excluding tert-OH is 1. The van der Waals surface area contributed by atoms with Crippen LogP contribution in [0.2, 0.25) is 0 Å². The summed E-state index contributed by atoms with van der Waals surface area (Å²) < 4.78 is 1.36. The van der Waals surface area contributed by atoms with Crippen LogP contribution in [0.3, 0.4) is 0 Å². The Kier molecular flexibility index (Phi) is 3.45. The highest BCUT2D eigenvalue weighted by atomic mass is 32.1. The zero-order chi connectivity index (χ0) is 12.3. The molecule has 0 fully saturated rings. The van der Waals surface area contributed by atoms with Crippen molar-refractivity contribution in [1.82, 2.24) is 20.0 Å². The molecule has 0 atom stereocenters. The fourth-order valence-electron chi connectivity index (χ4n) is 1.21. The van der Waals surface area contributed by atoms with Gasteiger partial charge in [0.2, 0.25) is 5.91 Å². The summed E-state index contributed by atoms with van der Waals surface area (Å²) in [5.74, 6) is -0.228. The molecular formula is C9H11N5O2S. The number of nitrogens with one attached hydrogen (secondary N) is 1. The number of hydrogen-bond acceptors (Lipinski definition) is 6. The van der Waals surface area contributed by atoms with Gasteiger partial charge in [0.1, 0.15) is 12.2 Å². The maximum absolute atomic E-state index is 11.6. The quantitative estimate of drug-likeness (QED) is 0.810. The average Bonchev–Trinajstić information content (AvgIpc) is 2.88. The first-order valence-electron chi connectivity index (χ1n) is 4.89. The van der Waals surface area contributed by atoms with Gasteiger partial charge in [0, 0.05) is 5.38 Å². The summed E-state index contributed by atoms with van der Waals surface area (Å²) in [5.41, 5.74) is 1.30. The van der Waals surface area contributed by atoms with Crippen LogP contribution in [-0.4, -0.2) is 31.0 Å². The Bertz CT molecular complexity index is 521. The van der Waals surface area contributed by atoms with Gasteiger partial charge in [0.05, 0.1) is 18.5 Å². The second-order valence-electron chi connectivity index (χ2n) is 3.41. The van der Waals surface area contributed by atoms with Gasteiger partial charge >= 0.3 is 0 Å². The van der Waals surface area contributed by atoms with Crippen LogP contribution in [0, 0.1) is 6.92 Å². The Morgan fingerprint density at radius 3 is 3.06 bits per heavy atom. The monoisotopic (exact) mass is 253 g/mol. The van der Waals surface area contributed by atoms with Crippen molar-refractivity contribution < 1.29 is 9.90 Å². The molecule has 0 saturated heterocycles. The Balaban J connectivity index is 1.93. The van der Waals surface area contributed by atoms with E-state index < -0.39 is 0 Å². The topological polar surface area (TPSA) is 92.9 Å². The summed E-state index contributed by atoms with van der Waals surface area (Å²) in [6.45, 7) is 1.72. The standard InChI is InChI=1S/C9H11N5O2S/c1-6-5-17-9(10-6)11-8(16)3-14-2-7(4-15)12-13-14/h2,5,15H,3-4H2,1H3,(H,10,11,16). The summed E-state index contributed by atoms with van der Waals surface area (Å²) in [5, 5.41) is 21.2. The number of aromatic nitrogens is 4. The lowest BCUT2D eigenvalue weighted by atomic mass is 10.5. The lowest BCUT2D eigenvalue weighted by molar-refractivity contribution is -0.116. The molecule has 17 heavy (non-hydrogen) atoms. The lowest BCUT2D eigenvalue weighted by Gasteiger charge is -2.00. The van der Waals surface area contributed by atoms with E-state index in [4.69, 9.17) is 5.11 Å². The maximum atomic E-state index is 11.6. The molecule has 0 radical (unpaired) electrons. The van der Waals surface area contributed by atoms with E-state index in [-0.39, 0.29) is 19.1 Å². The van der Waals surface area contributed by atoms with E-state index in [1.54, 1.807) is 0 Å². The highest BCUT2D eigenvalue weighted by Crippen LogP contribution is 2.14. The first-order chi connectivity index (χ1) is 8.17. The Hall–Kier alpha value is -1.80. The number of thiazole rings is 1. The summed E-state index contributed by atoms with van der Waals surface area (Å²) in [6, 6.07) is 0. The molecule has 0 aliphatic heterocycles. The van der Waals surface area contributed by atoms with Gasteiger partial charge in [-0.2, -0.15) is 0 Å². The minimum absolute atomic E-state index is 0.0472. The Morgan fingerprint density at radius 2 is 2.47 bits per heavy atom. The number of nitrogens with zero attached hydrogens (tertiary/aromatic N) is 4. The van der Waals surface area contributed by atoms with Gasteiger partial charge in [0.25, 0.3) is 0 Å². The average molecular weight is 253 g/mol. The van der Waals surface area contributed by atoms with Crippen molar-refractivity contribution in [3.8, 4) is 0 Å². The van der Waals surface area contributed by atoms with Gasteiger partial charge in [-0.25, -0.2) is 9.67 Å². The van der Waals surface area contributed by atoms with Crippen LogP contribution in [0.15, 0.2) is 11.6 Å². The number of carbonyl (C=O) groups excluding carboxylic acids is 1. The number of aliphatic hydroxyl groups is 1. The third kappa shape index (κ3) is 3.08. The van der Waals surface area contributed by atoms with Gasteiger partial charge < -0.3 is 10.4 Å². The molecular weight excluding hydrogens is 242 g/mol. The van der Waals surface area contributed by atoms with Crippen molar-refractivity contribution in [1.29, 1.82) is 0 Å². The zero-order valence-corrected chi connectivity index (χ0v) is 9.94. The molecule has 0 unspecified atom stereocenters. The van der Waals surface area contributed by atoms with Crippen molar-refractivity contribution in [2.24, 2.45) is 0 Å². The molecule has 0 saturated carbocycles. The molecule has 0 spiro atoms. The first-order valence-corrected chi connectivity index (χ1v) is 5.77. The van der Waals surface area contributed by atoms with Gasteiger partial charge in [-0.15, -0.1) is 16.4 Å². The van der Waals surface area contributed by atoms with Crippen molar-refractivity contribution in [2.75, 3.05) is 5.32 Å². The van der Waals surface area contributed by atoms with Crippen molar-refractivity contribution in [3.05, 3.63) is 23.0 Å². The first kappa shape index (κ1) is 11.7. The maximum Gasteiger partial charge on any atom is 0.247 e. The number of carbonyl (C=O) groups is 1. The number of aryl methyl sites for hydroxylation is 1. The van der Waals surface area contributed by atoms with Crippen molar-refractivity contribution in [3.63, 3.8) is 0 Å². The summed E-state index contributed by atoms with van der Waals surface area (Å²) in [4.78, 5) is 15.7. The van der Waals surface area contributed by atoms with E-state index in [0.717, 1.165) is 5.69 Å². The third-order valence-electron chi connectivity index (χ3n) is 1.92. The molecule has 2 aromatic heterocycles. The molecule has 2 aromatic rings. The molecule has 0 aliphatic carbocycles. The smallest absolute Gasteiger partial charge is 0.247 e. The normalized spacial score (nSPS) is 10.5. The van der Waals surface area contributed by atoms with Crippen molar-refractivity contribution >= 4 is 22.4 Å². The molecule has 2 heterocycles. The van der Waals surface area contributed by atoms with E-state index in [1.165, 1.54) is 22.2 Å². The second kappa shape index (κ2) is 5.02. The van der Waals surface area contributed by atoms with Gasteiger partial charge in [-0.05, 0) is 6.92 Å². The Labute approximate surface area is 101 Å². The number of rotatable bonds is 4. The molecule has 1 amide bonds. The fourth-order valence-corrected chi connectivity index (χ4v) is 1.91. The van der Waals surface area contributed by atoms with Gasteiger partial charge in [0.15, 0.2) is 5.13 Å². The number of anilines is 1. The SMILES string of the molecule is Cc1csc(NC(=O)Cn2cc(CO)nn2)n1. The van der Waals surface area contributed by atoms with Crippen LogP contribution in [0.1, 0.15) is 11.4 Å². The van der Waals surface area contributed by atoms with Crippen LogP contribution < -0.4 is 5.32 Å². The number of hydrogen-bond donors (Lipinski definition) is 2. The molecule has 90 valence electrons. The molecule has 0 bridgehead atoms. The van der Waals surface area contributed by atoms with E-state index in [9.17, 15) is 4.79 Å². The van der Waals surface area contributed by atoms with E-state index in [0.29, 0.717) is 10.8 Å². The van der Waals surface area contributed by atoms with Gasteiger partial charge in [-0.1, -0.05) is 5.21 Å². The molecule has 0 aromatic carbocycles.